The van der Waals surface area contributed by atoms with Crippen molar-refractivity contribution in [2.75, 3.05) is 21.3 Å². The molecule has 0 aliphatic rings. The average molecular weight is 271 g/mol. The maximum atomic E-state index is 7.17. The number of hydrazone groups is 1. The van der Waals surface area contributed by atoms with Crippen LogP contribution in [-0.2, 0) is 0 Å². The molecule has 0 atom stereocenters. The number of rotatable bonds is 4. The summed E-state index contributed by atoms with van der Waals surface area (Å²) in [6.45, 7) is 0. The summed E-state index contributed by atoms with van der Waals surface area (Å²) in [6.07, 6.45) is 1.49. The van der Waals surface area contributed by atoms with Gasteiger partial charge in [-0.15, -0.1) is 0 Å². The van der Waals surface area contributed by atoms with Gasteiger partial charge in [-0.25, -0.2) is 5.01 Å². The van der Waals surface area contributed by atoms with E-state index in [1.165, 1.54) is 25.4 Å². The molecule has 0 aromatic heterocycles. The van der Waals surface area contributed by atoms with Crippen molar-refractivity contribution in [2.45, 2.75) is 0 Å². The zero-order valence-electron chi connectivity index (χ0n) is 10.4. The van der Waals surface area contributed by atoms with Crippen LogP contribution in [-0.4, -0.2) is 38.5 Å². The molecule has 0 heterocycles. The van der Waals surface area contributed by atoms with Gasteiger partial charge < -0.3 is 15.2 Å². The first kappa shape index (κ1) is 14.1. The summed E-state index contributed by atoms with van der Waals surface area (Å²) in [4.78, 5) is 0. The first-order valence-electron chi connectivity index (χ1n) is 5.03. The molecule has 0 unspecified atom stereocenters. The highest BCUT2D eigenvalue weighted by atomic mass is 35.5. The fourth-order valence-corrected chi connectivity index (χ4v) is 1.50. The Morgan fingerprint density at radius 3 is 2.61 bits per heavy atom. The van der Waals surface area contributed by atoms with Gasteiger partial charge in [0.2, 0.25) is 5.96 Å². The van der Waals surface area contributed by atoms with Crippen LogP contribution in [0, 0.1) is 5.41 Å². The van der Waals surface area contributed by atoms with Gasteiger partial charge in [-0.2, -0.15) is 5.10 Å². The standard InChI is InChI=1S/C11H15ClN4O2/c1-16(11(13)14)15-6-7-4-5-8(17-2)10(18-3)9(7)12/h4-6H,1-3H3,(H3,13,14)/b15-6+. The minimum absolute atomic E-state index is 0.164. The minimum Gasteiger partial charge on any atom is -0.493 e. The lowest BCUT2D eigenvalue weighted by molar-refractivity contribution is 0.355. The van der Waals surface area contributed by atoms with E-state index >= 15 is 0 Å². The topological polar surface area (TPSA) is 83.9 Å². The van der Waals surface area contributed by atoms with Crippen LogP contribution in [0.15, 0.2) is 17.2 Å². The Morgan fingerprint density at radius 1 is 1.44 bits per heavy atom. The second-order valence-corrected chi connectivity index (χ2v) is 3.74. The van der Waals surface area contributed by atoms with E-state index in [0.29, 0.717) is 22.1 Å². The second-order valence-electron chi connectivity index (χ2n) is 3.36. The molecule has 0 bridgehead atoms. The van der Waals surface area contributed by atoms with Gasteiger partial charge in [-0.1, -0.05) is 11.6 Å². The van der Waals surface area contributed by atoms with Crippen molar-refractivity contribution in [3.05, 3.63) is 22.7 Å². The van der Waals surface area contributed by atoms with E-state index in [4.69, 9.17) is 32.2 Å². The minimum atomic E-state index is -0.164. The van der Waals surface area contributed by atoms with E-state index in [0.717, 1.165) is 0 Å². The van der Waals surface area contributed by atoms with Gasteiger partial charge in [0, 0.05) is 12.6 Å². The van der Waals surface area contributed by atoms with Crippen LogP contribution in [0.4, 0.5) is 0 Å². The Kier molecular flexibility index (Phi) is 4.79. The first-order valence-corrected chi connectivity index (χ1v) is 5.41. The third-order valence-corrected chi connectivity index (χ3v) is 2.62. The van der Waals surface area contributed by atoms with Crippen molar-refractivity contribution in [1.82, 2.24) is 5.01 Å². The molecule has 98 valence electrons. The smallest absolute Gasteiger partial charge is 0.208 e. The second kappa shape index (κ2) is 6.11. The summed E-state index contributed by atoms with van der Waals surface area (Å²) in [7, 11) is 4.60. The van der Waals surface area contributed by atoms with Gasteiger partial charge >= 0.3 is 0 Å². The van der Waals surface area contributed by atoms with Crippen molar-refractivity contribution in [3.63, 3.8) is 0 Å². The van der Waals surface area contributed by atoms with E-state index < -0.39 is 0 Å². The maximum Gasteiger partial charge on any atom is 0.208 e. The largest absolute Gasteiger partial charge is 0.493 e. The highest BCUT2D eigenvalue weighted by Gasteiger charge is 2.11. The molecule has 6 nitrogen and oxygen atoms in total. The lowest BCUT2D eigenvalue weighted by Gasteiger charge is -2.12. The molecule has 1 rings (SSSR count). The van der Waals surface area contributed by atoms with Gasteiger partial charge in [-0.05, 0) is 12.1 Å². The summed E-state index contributed by atoms with van der Waals surface area (Å²) in [6, 6.07) is 3.46. The number of hydrogen-bond donors (Lipinski definition) is 2. The Morgan fingerprint density at radius 2 is 2.11 bits per heavy atom. The molecule has 3 N–H and O–H groups in total. The van der Waals surface area contributed by atoms with E-state index in [9.17, 15) is 0 Å². The van der Waals surface area contributed by atoms with E-state index in [1.807, 2.05) is 0 Å². The molecule has 0 fully saturated rings. The van der Waals surface area contributed by atoms with Crippen LogP contribution in [0.1, 0.15) is 5.56 Å². The van der Waals surface area contributed by atoms with E-state index in [-0.39, 0.29) is 5.96 Å². The van der Waals surface area contributed by atoms with E-state index in [2.05, 4.69) is 5.10 Å². The van der Waals surface area contributed by atoms with E-state index in [1.54, 1.807) is 19.2 Å². The molecule has 0 spiro atoms. The van der Waals surface area contributed by atoms with Gasteiger partial charge in [0.1, 0.15) is 0 Å². The molecule has 0 amide bonds. The predicted octanol–water partition coefficient (Wildman–Crippen LogP) is 1.52. The molecule has 0 radical (unpaired) electrons. The van der Waals surface area contributed by atoms with Gasteiger partial charge in [0.05, 0.1) is 25.5 Å². The van der Waals surface area contributed by atoms with Gasteiger partial charge in [0.15, 0.2) is 11.5 Å². The quantitative estimate of drug-likeness (QED) is 0.493. The van der Waals surface area contributed by atoms with Gasteiger partial charge in [-0.3, -0.25) is 5.41 Å². The normalized spacial score (nSPS) is 10.4. The maximum absolute atomic E-state index is 7.17. The van der Waals surface area contributed by atoms with Crippen LogP contribution in [0.25, 0.3) is 0 Å². The lowest BCUT2D eigenvalue weighted by atomic mass is 10.2. The SMILES string of the molecule is COc1ccc(/C=N/N(C)C(=N)N)c(Cl)c1OC. The highest BCUT2D eigenvalue weighted by Crippen LogP contribution is 2.36. The summed E-state index contributed by atoms with van der Waals surface area (Å²) in [5.74, 6) is 0.816. The van der Waals surface area contributed by atoms with Crippen molar-refractivity contribution < 1.29 is 9.47 Å². The van der Waals surface area contributed by atoms with Crippen molar-refractivity contribution in [2.24, 2.45) is 10.8 Å². The number of halogens is 1. The molecule has 18 heavy (non-hydrogen) atoms. The molecule has 0 saturated carbocycles. The van der Waals surface area contributed by atoms with Gasteiger partial charge in [0.25, 0.3) is 0 Å². The number of nitrogens with two attached hydrogens (primary N) is 1. The Bertz CT molecular complexity index is 476. The third kappa shape index (κ3) is 3.04. The summed E-state index contributed by atoms with van der Waals surface area (Å²) < 4.78 is 10.3. The predicted molar refractivity (Wildman–Crippen MR) is 71.8 cm³/mol. The van der Waals surface area contributed by atoms with Crippen LogP contribution in [0.5, 0.6) is 11.5 Å². The Hall–Kier alpha value is -1.95. The van der Waals surface area contributed by atoms with Crippen LogP contribution in [0.2, 0.25) is 5.02 Å². The molecule has 1 aromatic carbocycles. The number of guanidine groups is 1. The first-order chi connectivity index (χ1) is 8.51. The average Bonchev–Trinajstić information content (AvgIpc) is 2.36. The molecule has 0 aliphatic heterocycles. The monoisotopic (exact) mass is 270 g/mol. The Balaban J connectivity index is 3.08. The number of nitrogens with one attached hydrogen (secondary N) is 1. The number of benzene rings is 1. The molecule has 1 aromatic rings. The van der Waals surface area contributed by atoms with Crippen molar-refractivity contribution in [1.29, 1.82) is 5.41 Å². The highest BCUT2D eigenvalue weighted by molar-refractivity contribution is 6.34. The summed E-state index contributed by atoms with van der Waals surface area (Å²) >= 11 is 6.16. The lowest BCUT2D eigenvalue weighted by Crippen LogP contribution is -2.28. The number of ether oxygens (including phenoxy) is 2. The fraction of sp³-hybridized carbons (Fsp3) is 0.273. The number of methoxy groups -OCH3 is 2. The zero-order valence-corrected chi connectivity index (χ0v) is 11.2. The number of hydrogen-bond acceptors (Lipinski definition) is 4. The molecular formula is C11H15ClN4O2. The number of nitrogens with zero attached hydrogens (tertiary/aromatic N) is 2. The summed E-state index contributed by atoms with van der Waals surface area (Å²) in [5, 5.41) is 12.7. The molecule has 0 aliphatic carbocycles. The van der Waals surface area contributed by atoms with Crippen LogP contribution >= 0.6 is 11.6 Å². The molecule has 7 heteroatoms. The van der Waals surface area contributed by atoms with Crippen molar-refractivity contribution in [3.8, 4) is 11.5 Å². The fourth-order valence-electron chi connectivity index (χ4n) is 1.22. The van der Waals surface area contributed by atoms with Crippen molar-refractivity contribution >= 4 is 23.8 Å². The van der Waals surface area contributed by atoms with Crippen LogP contribution in [0.3, 0.4) is 0 Å². The molecular weight excluding hydrogens is 256 g/mol. The molecule has 0 saturated heterocycles. The zero-order chi connectivity index (χ0) is 13.7. The summed E-state index contributed by atoms with van der Waals surface area (Å²) in [5.41, 5.74) is 5.90. The Labute approximate surface area is 110 Å². The third-order valence-electron chi connectivity index (χ3n) is 2.23. The van der Waals surface area contributed by atoms with Crippen LogP contribution < -0.4 is 15.2 Å².